The summed E-state index contributed by atoms with van der Waals surface area (Å²) in [5, 5.41) is 11.4. The van der Waals surface area contributed by atoms with Gasteiger partial charge in [0.25, 0.3) is 5.91 Å². The van der Waals surface area contributed by atoms with Crippen LogP contribution in [0.3, 0.4) is 0 Å². The van der Waals surface area contributed by atoms with Gasteiger partial charge in [-0.2, -0.15) is 5.26 Å². The summed E-state index contributed by atoms with van der Waals surface area (Å²) in [4.78, 5) is 12.0. The monoisotopic (exact) mass is 359 g/mol. The predicted octanol–water partition coefficient (Wildman–Crippen LogP) is 1.16. The number of ether oxygens (including phenoxy) is 1. The lowest BCUT2D eigenvalue weighted by atomic mass is 10.2. The Morgan fingerprint density at radius 1 is 1.20 bits per heavy atom. The number of carbonyl (C=O) groups is 1. The van der Waals surface area contributed by atoms with Crippen LogP contribution >= 0.6 is 0 Å². The Labute approximate surface area is 146 Å². The highest BCUT2D eigenvalue weighted by molar-refractivity contribution is 7.89. The number of rotatable bonds is 7. The number of benzene rings is 2. The summed E-state index contributed by atoms with van der Waals surface area (Å²) in [5.74, 6) is 0.141. The van der Waals surface area contributed by atoms with Crippen LogP contribution in [-0.4, -0.2) is 28.0 Å². The van der Waals surface area contributed by atoms with Gasteiger partial charge in [0.1, 0.15) is 5.75 Å². The first-order valence-electron chi connectivity index (χ1n) is 7.37. The topological polar surface area (TPSA) is 108 Å². The summed E-state index contributed by atoms with van der Waals surface area (Å²) in [6.07, 6.45) is 0. The average molecular weight is 359 g/mol. The Morgan fingerprint density at radius 2 is 1.92 bits per heavy atom. The van der Waals surface area contributed by atoms with Crippen molar-refractivity contribution in [2.45, 2.75) is 11.4 Å². The summed E-state index contributed by atoms with van der Waals surface area (Å²) in [5.41, 5.74) is 1.16. The van der Waals surface area contributed by atoms with Crippen LogP contribution < -0.4 is 14.8 Å². The highest BCUT2D eigenvalue weighted by atomic mass is 32.2. The van der Waals surface area contributed by atoms with Crippen LogP contribution in [0.15, 0.2) is 53.4 Å². The third-order valence-corrected chi connectivity index (χ3v) is 4.73. The van der Waals surface area contributed by atoms with E-state index in [9.17, 15) is 13.2 Å². The molecule has 2 aromatic carbocycles. The summed E-state index contributed by atoms with van der Waals surface area (Å²) in [6.45, 7) is 0.00302. The SMILES string of the molecule is CNS(=O)(=O)c1cccc(CNC(=O)COc2ccc(C#N)cc2)c1. The van der Waals surface area contributed by atoms with Crippen molar-refractivity contribution >= 4 is 15.9 Å². The van der Waals surface area contributed by atoms with Gasteiger partial charge in [-0.25, -0.2) is 13.1 Å². The highest BCUT2D eigenvalue weighted by Crippen LogP contribution is 2.12. The maximum Gasteiger partial charge on any atom is 0.258 e. The van der Waals surface area contributed by atoms with Crippen LogP contribution in [0.25, 0.3) is 0 Å². The minimum atomic E-state index is -3.52. The number of carbonyl (C=O) groups excluding carboxylic acids is 1. The lowest BCUT2D eigenvalue weighted by molar-refractivity contribution is -0.123. The van der Waals surface area contributed by atoms with Crippen molar-refractivity contribution in [3.63, 3.8) is 0 Å². The molecule has 0 aromatic heterocycles. The Balaban J connectivity index is 1.87. The van der Waals surface area contributed by atoms with Crippen molar-refractivity contribution in [1.29, 1.82) is 5.26 Å². The van der Waals surface area contributed by atoms with E-state index in [4.69, 9.17) is 10.00 Å². The smallest absolute Gasteiger partial charge is 0.258 e. The molecular formula is C17H17N3O4S. The number of hydrogen-bond acceptors (Lipinski definition) is 5. The fraction of sp³-hybridized carbons (Fsp3) is 0.176. The van der Waals surface area contributed by atoms with Gasteiger partial charge in [0.15, 0.2) is 6.61 Å². The zero-order chi connectivity index (χ0) is 18.3. The van der Waals surface area contributed by atoms with E-state index < -0.39 is 10.0 Å². The molecule has 0 bridgehead atoms. The van der Waals surface area contributed by atoms with Crippen molar-refractivity contribution in [2.24, 2.45) is 0 Å². The van der Waals surface area contributed by atoms with Gasteiger partial charge in [-0.15, -0.1) is 0 Å². The van der Waals surface area contributed by atoms with Crippen molar-refractivity contribution in [2.75, 3.05) is 13.7 Å². The molecule has 0 atom stereocenters. The van der Waals surface area contributed by atoms with Crippen LogP contribution in [-0.2, 0) is 21.4 Å². The van der Waals surface area contributed by atoms with E-state index in [1.165, 1.54) is 19.2 Å². The molecule has 0 fully saturated rings. The zero-order valence-electron chi connectivity index (χ0n) is 13.5. The van der Waals surface area contributed by atoms with Crippen LogP contribution in [0.5, 0.6) is 5.75 Å². The second-order valence-electron chi connectivity index (χ2n) is 5.06. The molecule has 0 heterocycles. The summed E-state index contributed by atoms with van der Waals surface area (Å²) in [6, 6.07) is 14.7. The maximum atomic E-state index is 11.8. The van der Waals surface area contributed by atoms with Crippen molar-refractivity contribution in [1.82, 2.24) is 10.0 Å². The number of nitrogens with one attached hydrogen (secondary N) is 2. The van der Waals surface area contributed by atoms with E-state index in [-0.39, 0.29) is 24.0 Å². The molecule has 0 aliphatic rings. The maximum absolute atomic E-state index is 11.8. The zero-order valence-corrected chi connectivity index (χ0v) is 14.3. The molecule has 0 saturated heterocycles. The second-order valence-corrected chi connectivity index (χ2v) is 6.94. The quantitative estimate of drug-likeness (QED) is 0.771. The van der Waals surface area contributed by atoms with Crippen LogP contribution in [0.1, 0.15) is 11.1 Å². The highest BCUT2D eigenvalue weighted by Gasteiger charge is 2.11. The summed E-state index contributed by atoms with van der Waals surface area (Å²) in [7, 11) is -2.18. The van der Waals surface area contributed by atoms with Crippen LogP contribution in [0.2, 0.25) is 0 Å². The second kappa shape index (κ2) is 8.28. The third kappa shape index (κ3) is 5.31. The Kier molecular flexibility index (Phi) is 6.11. The first-order chi connectivity index (χ1) is 11.9. The number of nitrogens with zero attached hydrogens (tertiary/aromatic N) is 1. The molecule has 1 amide bonds. The minimum Gasteiger partial charge on any atom is -0.484 e. The number of amides is 1. The van der Waals surface area contributed by atoms with Crippen molar-refractivity contribution in [3.8, 4) is 11.8 Å². The normalized spacial score (nSPS) is 10.7. The molecule has 0 aliphatic carbocycles. The Hall–Kier alpha value is -2.89. The molecule has 7 nitrogen and oxygen atoms in total. The Bertz CT molecular complexity index is 887. The fourth-order valence-electron chi connectivity index (χ4n) is 1.97. The molecular weight excluding hydrogens is 342 g/mol. The molecule has 0 saturated carbocycles. The van der Waals surface area contributed by atoms with Gasteiger partial charge in [0, 0.05) is 6.54 Å². The fourth-order valence-corrected chi connectivity index (χ4v) is 2.77. The molecule has 25 heavy (non-hydrogen) atoms. The molecule has 2 N–H and O–H groups in total. The van der Waals surface area contributed by atoms with E-state index in [1.54, 1.807) is 36.4 Å². The molecule has 130 valence electrons. The summed E-state index contributed by atoms with van der Waals surface area (Å²) < 4.78 is 31.1. The number of hydrogen-bond donors (Lipinski definition) is 2. The van der Waals surface area contributed by atoms with Crippen molar-refractivity contribution in [3.05, 3.63) is 59.7 Å². The first kappa shape index (κ1) is 18.4. The van der Waals surface area contributed by atoms with Gasteiger partial charge in [-0.05, 0) is 49.0 Å². The van der Waals surface area contributed by atoms with Gasteiger partial charge >= 0.3 is 0 Å². The molecule has 0 unspecified atom stereocenters. The van der Waals surface area contributed by atoms with Crippen LogP contribution in [0, 0.1) is 11.3 Å². The molecule has 2 rings (SSSR count). The Morgan fingerprint density at radius 3 is 2.56 bits per heavy atom. The van der Waals surface area contributed by atoms with Gasteiger partial charge in [-0.1, -0.05) is 12.1 Å². The van der Waals surface area contributed by atoms with Gasteiger partial charge in [0.05, 0.1) is 16.5 Å². The molecule has 8 heteroatoms. The molecule has 0 spiro atoms. The largest absolute Gasteiger partial charge is 0.484 e. The van der Waals surface area contributed by atoms with Crippen molar-refractivity contribution < 1.29 is 17.9 Å². The third-order valence-electron chi connectivity index (χ3n) is 3.32. The lowest BCUT2D eigenvalue weighted by Crippen LogP contribution is -2.28. The van der Waals surface area contributed by atoms with E-state index >= 15 is 0 Å². The van der Waals surface area contributed by atoms with E-state index in [0.29, 0.717) is 16.9 Å². The predicted molar refractivity (Wildman–Crippen MR) is 91.2 cm³/mol. The molecule has 0 aliphatic heterocycles. The van der Waals surface area contributed by atoms with Crippen LogP contribution in [0.4, 0.5) is 0 Å². The van der Waals surface area contributed by atoms with E-state index in [0.717, 1.165) is 0 Å². The van der Waals surface area contributed by atoms with Gasteiger partial charge in [-0.3, -0.25) is 4.79 Å². The lowest BCUT2D eigenvalue weighted by Gasteiger charge is -2.09. The number of nitriles is 1. The standard InChI is InChI=1S/C17H17N3O4S/c1-19-25(22,23)16-4-2-3-14(9-16)11-20-17(21)12-24-15-7-5-13(10-18)6-8-15/h2-9,19H,11-12H2,1H3,(H,20,21). The van der Waals surface area contributed by atoms with E-state index in [1.807, 2.05) is 6.07 Å². The average Bonchev–Trinajstić information content (AvgIpc) is 2.65. The summed E-state index contributed by atoms with van der Waals surface area (Å²) >= 11 is 0. The van der Waals surface area contributed by atoms with E-state index in [2.05, 4.69) is 10.0 Å². The van der Waals surface area contributed by atoms with Gasteiger partial charge < -0.3 is 10.1 Å². The first-order valence-corrected chi connectivity index (χ1v) is 8.85. The van der Waals surface area contributed by atoms with Gasteiger partial charge in [0.2, 0.25) is 10.0 Å². The number of sulfonamides is 1. The molecule has 0 radical (unpaired) electrons. The molecule has 2 aromatic rings. The minimum absolute atomic E-state index is 0.135.